The Balaban J connectivity index is 2.81. The van der Waals surface area contributed by atoms with Gasteiger partial charge >= 0.3 is 0 Å². The zero-order chi connectivity index (χ0) is 9.42. The van der Waals surface area contributed by atoms with Crippen LogP contribution in [0, 0.1) is 19.7 Å². The Bertz CT molecular complexity index is 458. The Morgan fingerprint density at radius 3 is 2.46 bits per heavy atom. The molecule has 0 aliphatic rings. The molecule has 0 radical (unpaired) electrons. The van der Waals surface area contributed by atoms with E-state index in [-0.39, 0.29) is 5.82 Å². The van der Waals surface area contributed by atoms with Gasteiger partial charge in [-0.2, -0.15) is 0 Å². The molecule has 0 nitrogen and oxygen atoms in total. The Morgan fingerprint density at radius 2 is 1.69 bits per heavy atom. The maximum absolute atomic E-state index is 13.2. The molecule has 0 heterocycles. The van der Waals surface area contributed by atoms with Crippen molar-refractivity contribution in [2.75, 3.05) is 0 Å². The molecule has 0 fully saturated rings. The van der Waals surface area contributed by atoms with Gasteiger partial charge < -0.3 is 0 Å². The molecule has 66 valence electrons. The third-order valence-electron chi connectivity index (χ3n) is 2.27. The quantitative estimate of drug-likeness (QED) is 0.572. The van der Waals surface area contributed by atoms with Gasteiger partial charge in [-0.15, -0.1) is 0 Å². The molecule has 0 saturated carbocycles. The first-order valence-corrected chi connectivity index (χ1v) is 4.33. The van der Waals surface area contributed by atoms with Crippen molar-refractivity contribution in [3.05, 3.63) is 47.3 Å². The molecule has 0 unspecified atom stereocenters. The molecule has 0 aromatic heterocycles. The Morgan fingerprint density at radius 1 is 0.923 bits per heavy atom. The minimum Gasteiger partial charge on any atom is -0.207 e. The number of hydrogen-bond acceptors (Lipinski definition) is 0. The maximum Gasteiger partial charge on any atom is 0.126 e. The molecule has 0 bridgehead atoms. The van der Waals surface area contributed by atoms with Gasteiger partial charge in [0, 0.05) is 0 Å². The van der Waals surface area contributed by atoms with Gasteiger partial charge in [0.15, 0.2) is 0 Å². The lowest BCUT2D eigenvalue weighted by Crippen LogP contribution is -1.83. The van der Waals surface area contributed by atoms with Crippen LogP contribution in [0.1, 0.15) is 11.1 Å². The molecule has 0 N–H and O–H groups in total. The maximum atomic E-state index is 13.2. The number of fused-ring (bicyclic) bond motifs is 1. The molecule has 0 aliphatic heterocycles. The van der Waals surface area contributed by atoms with Crippen LogP contribution in [0.15, 0.2) is 30.3 Å². The normalized spacial score (nSPS) is 10.7. The summed E-state index contributed by atoms with van der Waals surface area (Å²) in [4.78, 5) is 0. The van der Waals surface area contributed by atoms with E-state index < -0.39 is 0 Å². The molecule has 0 atom stereocenters. The second-order valence-corrected chi connectivity index (χ2v) is 3.45. The third kappa shape index (κ3) is 1.42. The highest BCUT2D eigenvalue weighted by molar-refractivity contribution is 5.83. The van der Waals surface area contributed by atoms with Gasteiger partial charge in [-0.3, -0.25) is 0 Å². The molecular formula is C12H11F. The van der Waals surface area contributed by atoms with E-state index in [0.717, 1.165) is 16.3 Å². The molecule has 0 spiro atoms. The fraction of sp³-hybridized carbons (Fsp3) is 0.167. The van der Waals surface area contributed by atoms with Crippen LogP contribution in [0.4, 0.5) is 4.39 Å². The topological polar surface area (TPSA) is 0 Å². The number of benzene rings is 2. The first kappa shape index (κ1) is 8.24. The molecule has 0 amide bonds. The number of hydrogen-bond donors (Lipinski definition) is 0. The van der Waals surface area contributed by atoms with Gasteiger partial charge in [-0.05, 0) is 42.3 Å². The fourth-order valence-electron chi connectivity index (χ4n) is 1.50. The average Bonchev–Trinajstić information content (AvgIpc) is 2.08. The summed E-state index contributed by atoms with van der Waals surface area (Å²) < 4.78 is 13.2. The van der Waals surface area contributed by atoms with Gasteiger partial charge in [0.05, 0.1) is 0 Å². The first-order chi connectivity index (χ1) is 6.16. The zero-order valence-corrected chi connectivity index (χ0v) is 7.76. The van der Waals surface area contributed by atoms with Crippen molar-refractivity contribution in [3.8, 4) is 0 Å². The van der Waals surface area contributed by atoms with E-state index in [0.29, 0.717) is 5.56 Å². The summed E-state index contributed by atoms with van der Waals surface area (Å²) in [5.41, 5.74) is 1.87. The van der Waals surface area contributed by atoms with Crippen LogP contribution < -0.4 is 0 Å². The van der Waals surface area contributed by atoms with Crippen molar-refractivity contribution < 1.29 is 4.39 Å². The van der Waals surface area contributed by atoms with Crippen molar-refractivity contribution in [1.29, 1.82) is 0 Å². The van der Waals surface area contributed by atoms with Gasteiger partial charge in [0.1, 0.15) is 5.82 Å². The zero-order valence-electron chi connectivity index (χ0n) is 7.76. The lowest BCUT2D eigenvalue weighted by molar-refractivity contribution is 0.620. The van der Waals surface area contributed by atoms with Crippen LogP contribution in [0.2, 0.25) is 0 Å². The van der Waals surface area contributed by atoms with E-state index in [1.165, 1.54) is 0 Å². The summed E-state index contributed by atoms with van der Waals surface area (Å²) in [6.07, 6.45) is 0. The van der Waals surface area contributed by atoms with Crippen LogP contribution in [0.3, 0.4) is 0 Å². The van der Waals surface area contributed by atoms with Gasteiger partial charge in [0.2, 0.25) is 0 Å². The predicted molar refractivity (Wildman–Crippen MR) is 53.4 cm³/mol. The van der Waals surface area contributed by atoms with E-state index in [9.17, 15) is 4.39 Å². The van der Waals surface area contributed by atoms with Crippen LogP contribution >= 0.6 is 0 Å². The molecule has 1 heteroatoms. The number of halogens is 1. The third-order valence-corrected chi connectivity index (χ3v) is 2.27. The smallest absolute Gasteiger partial charge is 0.126 e. The largest absolute Gasteiger partial charge is 0.207 e. The Labute approximate surface area is 77.0 Å². The molecule has 0 saturated heterocycles. The van der Waals surface area contributed by atoms with E-state index in [2.05, 4.69) is 0 Å². The molecular weight excluding hydrogens is 163 g/mol. The van der Waals surface area contributed by atoms with Crippen LogP contribution in [0.5, 0.6) is 0 Å². The molecule has 2 aromatic carbocycles. The summed E-state index contributed by atoms with van der Waals surface area (Å²) in [7, 11) is 0. The Kier molecular flexibility index (Phi) is 1.80. The van der Waals surface area contributed by atoms with E-state index >= 15 is 0 Å². The summed E-state index contributed by atoms with van der Waals surface area (Å²) in [5, 5.41) is 2.08. The minimum absolute atomic E-state index is 0.127. The van der Waals surface area contributed by atoms with Gasteiger partial charge in [-0.1, -0.05) is 23.8 Å². The summed E-state index contributed by atoms with van der Waals surface area (Å²) in [6.45, 7) is 3.80. The van der Waals surface area contributed by atoms with Crippen LogP contribution in [-0.4, -0.2) is 0 Å². The van der Waals surface area contributed by atoms with E-state index in [1.54, 1.807) is 13.0 Å². The second-order valence-electron chi connectivity index (χ2n) is 3.45. The summed E-state index contributed by atoms with van der Waals surface area (Å²) in [5.74, 6) is -0.127. The Hall–Kier alpha value is -1.37. The van der Waals surface area contributed by atoms with Gasteiger partial charge in [0.25, 0.3) is 0 Å². The SMILES string of the molecule is Cc1ccc2cc(C)c(F)cc2c1. The fourth-order valence-corrected chi connectivity index (χ4v) is 1.50. The van der Waals surface area contributed by atoms with Crippen molar-refractivity contribution in [1.82, 2.24) is 0 Å². The molecule has 2 rings (SSSR count). The molecule has 0 aliphatic carbocycles. The van der Waals surface area contributed by atoms with Crippen LogP contribution in [-0.2, 0) is 0 Å². The lowest BCUT2D eigenvalue weighted by Gasteiger charge is -2.02. The highest BCUT2D eigenvalue weighted by Gasteiger charge is 1.99. The standard InChI is InChI=1S/C12H11F/c1-8-3-4-10-6-9(2)12(13)7-11(10)5-8/h3-7H,1-2H3. The minimum atomic E-state index is -0.127. The van der Waals surface area contributed by atoms with Crippen molar-refractivity contribution in [2.24, 2.45) is 0 Å². The van der Waals surface area contributed by atoms with Crippen molar-refractivity contribution in [3.63, 3.8) is 0 Å². The average molecular weight is 174 g/mol. The number of aryl methyl sites for hydroxylation is 2. The molecule has 13 heavy (non-hydrogen) atoms. The van der Waals surface area contributed by atoms with Crippen LogP contribution in [0.25, 0.3) is 10.8 Å². The molecule has 2 aromatic rings. The predicted octanol–water partition coefficient (Wildman–Crippen LogP) is 3.60. The summed E-state index contributed by atoms with van der Waals surface area (Å²) >= 11 is 0. The van der Waals surface area contributed by atoms with Gasteiger partial charge in [-0.25, -0.2) is 4.39 Å². The second kappa shape index (κ2) is 2.84. The monoisotopic (exact) mass is 174 g/mol. The first-order valence-electron chi connectivity index (χ1n) is 4.33. The van der Waals surface area contributed by atoms with Crippen molar-refractivity contribution in [2.45, 2.75) is 13.8 Å². The lowest BCUT2D eigenvalue weighted by atomic mass is 10.1. The van der Waals surface area contributed by atoms with E-state index in [4.69, 9.17) is 0 Å². The summed E-state index contributed by atoms with van der Waals surface area (Å²) in [6, 6.07) is 9.54. The van der Waals surface area contributed by atoms with E-state index in [1.807, 2.05) is 31.2 Å². The van der Waals surface area contributed by atoms with Crippen molar-refractivity contribution >= 4 is 10.8 Å². The highest BCUT2D eigenvalue weighted by atomic mass is 19.1. The highest BCUT2D eigenvalue weighted by Crippen LogP contribution is 2.19. The number of rotatable bonds is 0.